The second kappa shape index (κ2) is 6.97. The number of amides is 1. The Balaban J connectivity index is 2.13. The van der Waals surface area contributed by atoms with E-state index in [2.05, 4.69) is 10.3 Å². The van der Waals surface area contributed by atoms with Crippen LogP contribution < -0.4 is 9.62 Å². The smallest absolute Gasteiger partial charge is 0.253 e. The molecule has 1 aromatic carbocycles. The lowest BCUT2D eigenvalue weighted by Gasteiger charge is -2.17. The zero-order chi connectivity index (χ0) is 17.0. The molecule has 0 atom stereocenters. The van der Waals surface area contributed by atoms with Crippen LogP contribution in [0.1, 0.15) is 16.1 Å². The number of benzene rings is 1. The highest BCUT2D eigenvalue weighted by atomic mass is 35.5. The van der Waals surface area contributed by atoms with E-state index in [1.165, 1.54) is 25.2 Å². The molecule has 1 amide bonds. The maximum atomic E-state index is 12.2. The molecule has 0 aliphatic heterocycles. The number of nitrogens with zero attached hydrogens (tertiary/aromatic N) is 2. The lowest BCUT2D eigenvalue weighted by Crippen LogP contribution is -2.26. The Kier molecular flexibility index (Phi) is 5.23. The largest absolute Gasteiger partial charge is 0.346 e. The molecule has 0 radical (unpaired) electrons. The van der Waals surface area contributed by atoms with Crippen LogP contribution in [0.25, 0.3) is 0 Å². The van der Waals surface area contributed by atoms with Gasteiger partial charge in [0.2, 0.25) is 10.0 Å². The third-order valence-electron chi connectivity index (χ3n) is 3.21. The fourth-order valence-corrected chi connectivity index (χ4v) is 2.60. The van der Waals surface area contributed by atoms with Gasteiger partial charge in [-0.25, -0.2) is 8.42 Å². The number of sulfonamides is 1. The van der Waals surface area contributed by atoms with Crippen LogP contribution in [0.2, 0.25) is 5.02 Å². The highest BCUT2D eigenvalue weighted by molar-refractivity contribution is 7.92. The zero-order valence-electron chi connectivity index (χ0n) is 12.7. The molecule has 0 aliphatic carbocycles. The summed E-state index contributed by atoms with van der Waals surface area (Å²) in [6, 6.07) is 9.89. The summed E-state index contributed by atoms with van der Waals surface area (Å²) < 4.78 is 24.1. The molecule has 1 aromatic heterocycles. The van der Waals surface area contributed by atoms with Gasteiger partial charge >= 0.3 is 0 Å². The molecule has 0 unspecified atom stereocenters. The molecular weight excluding hydrogens is 338 g/mol. The summed E-state index contributed by atoms with van der Waals surface area (Å²) in [5, 5.41) is 2.89. The standard InChI is InChI=1S/C15H16ClN3O3S/c1-19(23(2,21)22)12-6-7-13(14(16)9-12)15(20)18-10-11-5-3-4-8-17-11/h3-9H,10H2,1-2H3,(H,18,20). The summed E-state index contributed by atoms with van der Waals surface area (Å²) >= 11 is 6.10. The number of carbonyl (C=O) groups is 1. The summed E-state index contributed by atoms with van der Waals surface area (Å²) in [4.78, 5) is 16.3. The molecular formula is C15H16ClN3O3S. The van der Waals surface area contributed by atoms with Crippen molar-refractivity contribution in [2.75, 3.05) is 17.6 Å². The van der Waals surface area contributed by atoms with Gasteiger partial charge in [-0.3, -0.25) is 14.1 Å². The summed E-state index contributed by atoms with van der Waals surface area (Å²) in [5.74, 6) is -0.353. The van der Waals surface area contributed by atoms with Gasteiger partial charge in [-0.15, -0.1) is 0 Å². The Labute approximate surface area is 140 Å². The van der Waals surface area contributed by atoms with Crippen LogP contribution in [0, 0.1) is 0 Å². The number of anilines is 1. The van der Waals surface area contributed by atoms with E-state index in [0.29, 0.717) is 5.69 Å². The van der Waals surface area contributed by atoms with Gasteiger partial charge in [0.05, 0.1) is 34.8 Å². The van der Waals surface area contributed by atoms with Gasteiger partial charge in [0.25, 0.3) is 5.91 Å². The molecule has 2 rings (SSSR count). The lowest BCUT2D eigenvalue weighted by molar-refractivity contribution is 0.0950. The zero-order valence-corrected chi connectivity index (χ0v) is 14.2. The molecule has 0 fully saturated rings. The maximum Gasteiger partial charge on any atom is 0.253 e. The van der Waals surface area contributed by atoms with Crippen molar-refractivity contribution in [3.8, 4) is 0 Å². The predicted octanol–water partition coefficient (Wildman–Crippen LogP) is 2.06. The molecule has 6 nitrogen and oxygen atoms in total. The molecule has 122 valence electrons. The lowest BCUT2D eigenvalue weighted by atomic mass is 10.2. The fraction of sp³-hybridized carbons (Fsp3) is 0.200. The van der Waals surface area contributed by atoms with E-state index in [1.807, 2.05) is 6.07 Å². The quantitative estimate of drug-likeness (QED) is 0.892. The van der Waals surface area contributed by atoms with E-state index in [0.717, 1.165) is 16.3 Å². The van der Waals surface area contributed by atoms with Crippen LogP contribution in [0.5, 0.6) is 0 Å². The number of halogens is 1. The van der Waals surface area contributed by atoms with Crippen molar-refractivity contribution in [2.45, 2.75) is 6.54 Å². The fourth-order valence-electron chi connectivity index (χ4n) is 1.84. The molecule has 8 heteroatoms. The van der Waals surface area contributed by atoms with Crippen molar-refractivity contribution in [3.63, 3.8) is 0 Å². The van der Waals surface area contributed by atoms with Gasteiger partial charge in [0, 0.05) is 13.2 Å². The van der Waals surface area contributed by atoms with Crippen LogP contribution in [-0.2, 0) is 16.6 Å². The van der Waals surface area contributed by atoms with Gasteiger partial charge < -0.3 is 5.32 Å². The van der Waals surface area contributed by atoms with Gasteiger partial charge in [-0.2, -0.15) is 0 Å². The monoisotopic (exact) mass is 353 g/mol. The van der Waals surface area contributed by atoms with Gasteiger partial charge in [-0.05, 0) is 30.3 Å². The Hall–Kier alpha value is -2.12. The average Bonchev–Trinajstić information content (AvgIpc) is 2.52. The average molecular weight is 354 g/mol. The van der Waals surface area contributed by atoms with Crippen molar-refractivity contribution in [1.29, 1.82) is 0 Å². The topological polar surface area (TPSA) is 79.4 Å². The minimum atomic E-state index is -3.39. The highest BCUT2D eigenvalue weighted by Gasteiger charge is 2.16. The molecule has 0 spiro atoms. The maximum absolute atomic E-state index is 12.2. The van der Waals surface area contributed by atoms with Gasteiger partial charge in [0.1, 0.15) is 0 Å². The van der Waals surface area contributed by atoms with E-state index in [1.54, 1.807) is 18.3 Å². The second-order valence-electron chi connectivity index (χ2n) is 4.90. The minimum Gasteiger partial charge on any atom is -0.346 e. The molecule has 0 aliphatic rings. The van der Waals surface area contributed by atoms with Crippen LogP contribution in [0.4, 0.5) is 5.69 Å². The van der Waals surface area contributed by atoms with Gasteiger partial charge in [0.15, 0.2) is 0 Å². The SMILES string of the molecule is CN(c1ccc(C(=O)NCc2ccccn2)c(Cl)c1)S(C)(=O)=O. The molecule has 2 aromatic rings. The van der Waals surface area contributed by atoms with Crippen LogP contribution >= 0.6 is 11.6 Å². The van der Waals surface area contributed by atoms with Crippen LogP contribution in [0.15, 0.2) is 42.6 Å². The number of hydrogen-bond acceptors (Lipinski definition) is 4. The van der Waals surface area contributed by atoms with Crippen molar-refractivity contribution >= 4 is 33.2 Å². The van der Waals surface area contributed by atoms with Crippen LogP contribution in [-0.4, -0.2) is 32.6 Å². The number of nitrogens with one attached hydrogen (secondary N) is 1. The molecule has 1 N–H and O–H groups in total. The molecule has 0 saturated carbocycles. The minimum absolute atomic E-state index is 0.177. The Bertz CT molecular complexity index is 810. The normalized spacial score (nSPS) is 11.1. The van der Waals surface area contributed by atoms with E-state index in [9.17, 15) is 13.2 Å². The summed E-state index contributed by atoms with van der Waals surface area (Å²) in [7, 11) is -1.97. The Morgan fingerprint density at radius 2 is 2.04 bits per heavy atom. The van der Waals surface area contributed by atoms with Crippen molar-refractivity contribution in [1.82, 2.24) is 10.3 Å². The Morgan fingerprint density at radius 3 is 2.61 bits per heavy atom. The number of aromatic nitrogens is 1. The first-order valence-corrected chi connectivity index (χ1v) is 8.93. The predicted molar refractivity (Wildman–Crippen MR) is 90.1 cm³/mol. The number of hydrogen-bond donors (Lipinski definition) is 1. The van der Waals surface area contributed by atoms with Crippen LogP contribution in [0.3, 0.4) is 0 Å². The van der Waals surface area contributed by atoms with E-state index >= 15 is 0 Å². The second-order valence-corrected chi connectivity index (χ2v) is 7.32. The van der Waals surface area contributed by atoms with Crippen molar-refractivity contribution < 1.29 is 13.2 Å². The first-order valence-electron chi connectivity index (χ1n) is 6.70. The molecule has 23 heavy (non-hydrogen) atoms. The van der Waals surface area contributed by atoms with Crippen molar-refractivity contribution in [2.24, 2.45) is 0 Å². The summed E-state index contributed by atoms with van der Waals surface area (Å²) in [6.45, 7) is 0.279. The van der Waals surface area contributed by atoms with Gasteiger partial charge in [-0.1, -0.05) is 17.7 Å². The molecule has 0 saturated heterocycles. The third kappa shape index (κ3) is 4.43. The van der Waals surface area contributed by atoms with E-state index in [-0.39, 0.29) is 23.0 Å². The summed E-state index contributed by atoms with van der Waals surface area (Å²) in [5.41, 5.74) is 1.39. The van der Waals surface area contributed by atoms with Crippen molar-refractivity contribution in [3.05, 3.63) is 58.9 Å². The first kappa shape index (κ1) is 17.2. The number of carbonyl (C=O) groups excluding carboxylic acids is 1. The molecule has 1 heterocycles. The number of pyridine rings is 1. The highest BCUT2D eigenvalue weighted by Crippen LogP contribution is 2.24. The first-order chi connectivity index (χ1) is 10.8. The number of rotatable bonds is 5. The van der Waals surface area contributed by atoms with E-state index < -0.39 is 10.0 Å². The summed E-state index contributed by atoms with van der Waals surface area (Å²) in [6.07, 6.45) is 2.73. The Morgan fingerprint density at radius 1 is 1.30 bits per heavy atom. The molecule has 0 bridgehead atoms. The third-order valence-corrected chi connectivity index (χ3v) is 4.73. The van der Waals surface area contributed by atoms with E-state index in [4.69, 9.17) is 11.6 Å².